The van der Waals surface area contributed by atoms with Gasteiger partial charge in [-0.05, 0) is 5.57 Å². The number of methoxy groups -OCH3 is 1. The molecule has 2 aliphatic rings. The number of aromatic nitrogens is 1. The summed E-state index contributed by atoms with van der Waals surface area (Å²) in [5, 5.41) is 17.0. The number of anilines is 1. The predicted molar refractivity (Wildman–Crippen MR) is 112 cm³/mol. The minimum atomic E-state index is -1.21. The van der Waals surface area contributed by atoms with Gasteiger partial charge in [-0.1, -0.05) is 5.16 Å². The van der Waals surface area contributed by atoms with Crippen molar-refractivity contribution in [3.8, 4) is 0 Å². The van der Waals surface area contributed by atoms with Crippen molar-refractivity contribution in [2.24, 2.45) is 5.16 Å². The van der Waals surface area contributed by atoms with Crippen LogP contribution in [0.25, 0.3) is 0 Å². The highest BCUT2D eigenvalue weighted by molar-refractivity contribution is 8.00. The summed E-state index contributed by atoms with van der Waals surface area (Å²) in [5.41, 5.74) is 6.09. The number of amides is 2. The van der Waals surface area contributed by atoms with Gasteiger partial charge in [-0.3, -0.25) is 14.5 Å². The van der Waals surface area contributed by atoms with Gasteiger partial charge in [0.05, 0.1) is 6.61 Å². The van der Waals surface area contributed by atoms with Gasteiger partial charge in [-0.2, -0.15) is 0 Å². The standard InChI is InChI=1S/C15H17N5O6S2.3H2O/c1-25-3-6-4-27-13-9(12(22)20(13)10(6)14(23)24)18-11(21)8(19-26-2)7-5-28-15(16)17-7;;;/h5,9,13H,3-4H2,1-2H3,(H2,16,17)(H,18,21)(H,23,24);3*1H2/b19-8-;;;/t9-,13-;;;/m1.../s1. The Kier molecular flexibility index (Phi) is 10.6. The van der Waals surface area contributed by atoms with Gasteiger partial charge in [-0.25, -0.2) is 9.78 Å². The number of oxime groups is 1. The normalized spacial score (nSPS) is 19.7. The van der Waals surface area contributed by atoms with E-state index in [1.54, 1.807) is 5.38 Å². The first kappa shape index (κ1) is 28.2. The molecule has 174 valence electrons. The first-order valence-electron chi connectivity index (χ1n) is 7.91. The van der Waals surface area contributed by atoms with Crippen LogP contribution in [0, 0.1) is 0 Å². The molecule has 0 saturated carbocycles. The number of β-lactam (4-membered cyclic amide) rings is 1. The number of thioether (sulfide) groups is 1. The number of thiazole rings is 1. The van der Waals surface area contributed by atoms with Crippen LogP contribution in [0.3, 0.4) is 0 Å². The molecule has 0 bridgehead atoms. The van der Waals surface area contributed by atoms with Crippen LogP contribution < -0.4 is 11.1 Å². The van der Waals surface area contributed by atoms with E-state index in [1.807, 2.05) is 0 Å². The number of carboxylic acids is 1. The third kappa shape index (κ3) is 5.30. The number of nitrogens with one attached hydrogen (secondary N) is 1. The molecule has 1 fully saturated rings. The number of hydrogen-bond acceptors (Lipinski definition) is 10. The highest BCUT2D eigenvalue weighted by atomic mass is 32.2. The zero-order valence-corrected chi connectivity index (χ0v) is 18.0. The maximum Gasteiger partial charge on any atom is 0.352 e. The number of rotatable bonds is 7. The SMILES string of the molecule is COCC1=C(C(=O)O)N2C(=O)[C@@H](NC(=O)/C(=N\OC)c3csc(N)n3)[C@H]2SC1.O.O.O. The number of carbonyl (C=O) groups is 3. The van der Waals surface area contributed by atoms with Crippen LogP contribution in [-0.2, 0) is 24.0 Å². The summed E-state index contributed by atoms with van der Waals surface area (Å²) in [4.78, 5) is 46.7. The Morgan fingerprint density at radius 1 is 1.39 bits per heavy atom. The Morgan fingerprint density at radius 2 is 2.06 bits per heavy atom. The lowest BCUT2D eigenvalue weighted by Gasteiger charge is -2.49. The third-order valence-electron chi connectivity index (χ3n) is 4.02. The van der Waals surface area contributed by atoms with Gasteiger partial charge >= 0.3 is 5.97 Å². The summed E-state index contributed by atoms with van der Waals surface area (Å²) in [6, 6.07) is -0.894. The molecule has 16 heteroatoms. The molecule has 31 heavy (non-hydrogen) atoms. The van der Waals surface area contributed by atoms with Crippen molar-refractivity contribution in [2.45, 2.75) is 11.4 Å². The van der Waals surface area contributed by atoms with Crippen molar-refractivity contribution >= 4 is 51.7 Å². The summed E-state index contributed by atoms with van der Waals surface area (Å²) in [6.45, 7) is 0.109. The summed E-state index contributed by atoms with van der Waals surface area (Å²) in [6.07, 6.45) is 0. The second-order valence-corrected chi connectivity index (χ2v) is 7.74. The number of ether oxygens (including phenoxy) is 1. The maximum absolute atomic E-state index is 12.6. The number of carboxylic acid groups (broad SMARTS) is 1. The van der Waals surface area contributed by atoms with E-state index in [2.05, 4.69) is 15.5 Å². The zero-order valence-electron chi connectivity index (χ0n) is 16.4. The average molecular weight is 482 g/mol. The summed E-state index contributed by atoms with van der Waals surface area (Å²) in [5.74, 6) is -2.03. The van der Waals surface area contributed by atoms with Crippen LogP contribution >= 0.6 is 23.1 Å². The number of nitrogens with two attached hydrogens (primary N) is 1. The van der Waals surface area contributed by atoms with Crippen LogP contribution in [-0.4, -0.2) is 92.9 Å². The fraction of sp³-hybridized carbons (Fsp3) is 0.400. The Morgan fingerprint density at radius 3 is 2.58 bits per heavy atom. The monoisotopic (exact) mass is 481 g/mol. The van der Waals surface area contributed by atoms with Crippen LogP contribution in [0.5, 0.6) is 0 Å². The lowest BCUT2D eigenvalue weighted by molar-refractivity contribution is -0.150. The molecule has 14 nitrogen and oxygen atoms in total. The molecular weight excluding hydrogens is 458 g/mol. The smallest absolute Gasteiger partial charge is 0.352 e. The van der Waals surface area contributed by atoms with Crippen molar-refractivity contribution in [3.05, 3.63) is 22.3 Å². The second-order valence-electron chi connectivity index (χ2n) is 5.74. The van der Waals surface area contributed by atoms with Crippen molar-refractivity contribution in [1.29, 1.82) is 0 Å². The first-order chi connectivity index (χ1) is 13.4. The number of fused-ring (bicyclic) bond motifs is 1. The quantitative estimate of drug-likeness (QED) is 0.203. The molecule has 10 N–H and O–H groups in total. The molecule has 3 heterocycles. The van der Waals surface area contributed by atoms with E-state index in [4.69, 9.17) is 15.3 Å². The molecule has 1 saturated heterocycles. The van der Waals surface area contributed by atoms with Gasteiger partial charge < -0.3 is 42.2 Å². The Bertz CT molecular complexity index is 888. The molecule has 0 spiro atoms. The zero-order chi connectivity index (χ0) is 20.4. The minimum absolute atomic E-state index is 0. The molecule has 1 aromatic heterocycles. The van der Waals surface area contributed by atoms with Gasteiger partial charge in [0.2, 0.25) is 0 Å². The van der Waals surface area contributed by atoms with E-state index >= 15 is 0 Å². The Balaban J connectivity index is 0.00000300. The molecule has 0 aromatic carbocycles. The molecule has 2 atom stereocenters. The average Bonchev–Trinajstić information content (AvgIpc) is 3.09. The van der Waals surface area contributed by atoms with E-state index in [-0.39, 0.29) is 45.3 Å². The van der Waals surface area contributed by atoms with Gasteiger partial charge in [0.25, 0.3) is 11.8 Å². The van der Waals surface area contributed by atoms with E-state index in [9.17, 15) is 19.5 Å². The third-order valence-corrected chi connectivity index (χ3v) is 6.03. The minimum Gasteiger partial charge on any atom is -0.477 e. The number of carbonyl (C=O) groups excluding carboxylic acids is 2. The highest BCUT2D eigenvalue weighted by Crippen LogP contribution is 2.40. The Labute approximate surface area is 184 Å². The molecule has 0 unspecified atom stereocenters. The lowest BCUT2D eigenvalue weighted by Crippen LogP contribution is -2.71. The summed E-state index contributed by atoms with van der Waals surface area (Å²) < 4.78 is 5.02. The largest absolute Gasteiger partial charge is 0.477 e. The van der Waals surface area contributed by atoms with Crippen LogP contribution in [0.4, 0.5) is 5.13 Å². The van der Waals surface area contributed by atoms with Gasteiger partial charge in [0.1, 0.15) is 29.9 Å². The number of nitrogen functional groups attached to an aromatic ring is 1. The highest BCUT2D eigenvalue weighted by Gasteiger charge is 2.54. The fourth-order valence-corrected chi connectivity index (χ4v) is 4.75. The molecule has 3 rings (SSSR count). The van der Waals surface area contributed by atoms with E-state index in [1.165, 1.54) is 30.9 Å². The van der Waals surface area contributed by atoms with Crippen LogP contribution in [0.15, 0.2) is 21.8 Å². The van der Waals surface area contributed by atoms with Gasteiger partial charge in [0, 0.05) is 18.2 Å². The van der Waals surface area contributed by atoms with Crippen molar-refractivity contribution < 1.29 is 45.5 Å². The van der Waals surface area contributed by atoms with Crippen molar-refractivity contribution in [1.82, 2.24) is 15.2 Å². The fourth-order valence-electron chi connectivity index (χ4n) is 2.87. The van der Waals surface area contributed by atoms with Crippen LogP contribution in [0.2, 0.25) is 0 Å². The second kappa shape index (κ2) is 11.6. The first-order valence-corrected chi connectivity index (χ1v) is 9.84. The maximum atomic E-state index is 12.6. The van der Waals surface area contributed by atoms with Crippen molar-refractivity contribution in [3.63, 3.8) is 0 Å². The van der Waals surface area contributed by atoms with Crippen molar-refractivity contribution in [2.75, 3.05) is 32.3 Å². The summed E-state index contributed by atoms with van der Waals surface area (Å²) in [7, 11) is 2.73. The Hall–Kier alpha value is -2.76. The molecule has 0 radical (unpaired) electrons. The molecular formula is C15H23N5O9S2. The lowest BCUT2D eigenvalue weighted by atomic mass is 10.0. The molecule has 2 aliphatic heterocycles. The number of nitrogens with zero attached hydrogens (tertiary/aromatic N) is 3. The molecule has 2 amide bonds. The molecule has 1 aromatic rings. The van der Waals surface area contributed by atoms with E-state index in [0.717, 1.165) is 11.3 Å². The number of aliphatic carboxylic acids is 1. The van der Waals surface area contributed by atoms with Crippen LogP contribution in [0.1, 0.15) is 5.69 Å². The molecule has 0 aliphatic carbocycles. The topological polar surface area (TPSA) is 251 Å². The van der Waals surface area contributed by atoms with E-state index in [0.29, 0.717) is 11.3 Å². The van der Waals surface area contributed by atoms with Gasteiger partial charge in [-0.15, -0.1) is 23.1 Å². The van der Waals surface area contributed by atoms with Gasteiger partial charge in [0.15, 0.2) is 10.8 Å². The summed E-state index contributed by atoms with van der Waals surface area (Å²) >= 11 is 2.47. The number of hydrogen-bond donors (Lipinski definition) is 3. The predicted octanol–water partition coefficient (Wildman–Crippen LogP) is -3.01. The van der Waals surface area contributed by atoms with E-state index < -0.39 is 29.2 Å².